The van der Waals surface area contributed by atoms with Crippen LogP contribution in [0.1, 0.15) is 18.4 Å². The van der Waals surface area contributed by atoms with Crippen molar-refractivity contribution in [1.29, 1.82) is 0 Å². The molecule has 1 aromatic carbocycles. The third kappa shape index (κ3) is 5.74. The third-order valence-electron chi connectivity index (χ3n) is 2.97. The van der Waals surface area contributed by atoms with Crippen LogP contribution in [-0.2, 0) is 6.54 Å². The Hall–Kier alpha value is -2.21. The van der Waals surface area contributed by atoms with E-state index in [-0.39, 0.29) is 0 Å². The Kier molecular flexibility index (Phi) is 5.90. The highest BCUT2D eigenvalue weighted by Crippen LogP contribution is 2.10. The Bertz CT molecular complexity index is 530. The average molecular weight is 286 g/mol. The molecule has 0 bridgehead atoms. The van der Waals surface area contributed by atoms with Gasteiger partial charge in [0, 0.05) is 6.21 Å². The Labute approximate surface area is 125 Å². The summed E-state index contributed by atoms with van der Waals surface area (Å²) in [6.45, 7) is 1.77. The largest absolute Gasteiger partial charge is 0.309 e. The Balaban J connectivity index is 1.73. The molecule has 0 unspecified atom stereocenters. The predicted octanol–water partition coefficient (Wildman–Crippen LogP) is 2.07. The highest BCUT2D eigenvalue weighted by Gasteiger charge is 1.96. The maximum absolute atomic E-state index is 4.22. The Morgan fingerprint density at radius 3 is 2.57 bits per heavy atom. The van der Waals surface area contributed by atoms with Crippen LogP contribution in [-0.4, -0.2) is 46.7 Å². The second-order valence-electron chi connectivity index (χ2n) is 5.13. The van der Waals surface area contributed by atoms with Crippen molar-refractivity contribution in [3.63, 3.8) is 0 Å². The first-order valence-corrected chi connectivity index (χ1v) is 7.09. The van der Waals surface area contributed by atoms with Crippen LogP contribution in [0.3, 0.4) is 0 Å². The number of nitrogens with zero attached hydrogens (tertiary/aromatic N) is 5. The van der Waals surface area contributed by atoms with Crippen LogP contribution in [0.15, 0.2) is 41.8 Å². The SMILES string of the molecule is CN(C)CCC/C=N/Nc1ccc(Cn2nccn2)cc1. The quantitative estimate of drug-likeness (QED) is 0.458. The predicted molar refractivity (Wildman–Crippen MR) is 85.5 cm³/mol. The molecule has 0 aliphatic carbocycles. The first-order chi connectivity index (χ1) is 10.2. The lowest BCUT2D eigenvalue weighted by Gasteiger charge is -2.06. The van der Waals surface area contributed by atoms with E-state index < -0.39 is 0 Å². The number of aromatic nitrogens is 3. The summed E-state index contributed by atoms with van der Waals surface area (Å²) in [6.07, 6.45) is 7.38. The van der Waals surface area contributed by atoms with Crippen molar-refractivity contribution >= 4 is 11.9 Å². The molecule has 0 radical (unpaired) electrons. The van der Waals surface area contributed by atoms with E-state index in [0.717, 1.165) is 30.6 Å². The summed E-state index contributed by atoms with van der Waals surface area (Å²) in [5.74, 6) is 0. The lowest BCUT2D eigenvalue weighted by molar-refractivity contribution is 0.404. The van der Waals surface area contributed by atoms with Gasteiger partial charge in [0.2, 0.25) is 0 Å². The monoisotopic (exact) mass is 286 g/mol. The number of anilines is 1. The Morgan fingerprint density at radius 1 is 1.19 bits per heavy atom. The molecule has 0 fully saturated rings. The summed E-state index contributed by atoms with van der Waals surface area (Å²) >= 11 is 0. The lowest BCUT2D eigenvalue weighted by atomic mass is 10.2. The molecule has 112 valence electrons. The van der Waals surface area contributed by atoms with Gasteiger partial charge in [0.15, 0.2) is 0 Å². The molecule has 0 saturated carbocycles. The summed E-state index contributed by atoms with van der Waals surface area (Å²) < 4.78 is 0. The summed E-state index contributed by atoms with van der Waals surface area (Å²) in [5, 5.41) is 12.4. The molecule has 6 nitrogen and oxygen atoms in total. The molecule has 2 aromatic rings. The molecule has 1 heterocycles. The van der Waals surface area contributed by atoms with Crippen LogP contribution in [0.4, 0.5) is 5.69 Å². The van der Waals surface area contributed by atoms with Gasteiger partial charge in [0.25, 0.3) is 0 Å². The highest BCUT2D eigenvalue weighted by atomic mass is 15.5. The van der Waals surface area contributed by atoms with E-state index >= 15 is 0 Å². The summed E-state index contributed by atoms with van der Waals surface area (Å²) in [7, 11) is 4.16. The zero-order valence-electron chi connectivity index (χ0n) is 12.6. The fraction of sp³-hybridized carbons (Fsp3) is 0.400. The van der Waals surface area contributed by atoms with E-state index in [2.05, 4.69) is 39.7 Å². The molecule has 1 N–H and O–H groups in total. The van der Waals surface area contributed by atoms with Gasteiger partial charge in [-0.25, -0.2) is 0 Å². The molecular weight excluding hydrogens is 264 g/mol. The van der Waals surface area contributed by atoms with Gasteiger partial charge < -0.3 is 4.90 Å². The second-order valence-corrected chi connectivity index (χ2v) is 5.13. The van der Waals surface area contributed by atoms with Gasteiger partial charge in [0.05, 0.1) is 24.6 Å². The summed E-state index contributed by atoms with van der Waals surface area (Å²) in [5.41, 5.74) is 5.18. The number of rotatable bonds is 8. The van der Waals surface area contributed by atoms with Crippen LogP contribution < -0.4 is 5.43 Å². The van der Waals surface area contributed by atoms with Crippen molar-refractivity contribution in [2.45, 2.75) is 19.4 Å². The zero-order valence-corrected chi connectivity index (χ0v) is 12.6. The van der Waals surface area contributed by atoms with Gasteiger partial charge in [0.1, 0.15) is 0 Å². The Morgan fingerprint density at radius 2 is 1.90 bits per heavy atom. The van der Waals surface area contributed by atoms with Crippen LogP contribution in [0, 0.1) is 0 Å². The second kappa shape index (κ2) is 8.16. The molecule has 0 atom stereocenters. The number of hydrogen-bond acceptors (Lipinski definition) is 5. The number of nitrogens with one attached hydrogen (secondary N) is 1. The number of unbranched alkanes of at least 4 members (excludes halogenated alkanes) is 1. The van der Waals surface area contributed by atoms with Crippen molar-refractivity contribution in [2.75, 3.05) is 26.1 Å². The van der Waals surface area contributed by atoms with E-state index in [1.54, 1.807) is 17.2 Å². The molecule has 0 saturated heterocycles. The maximum Gasteiger partial charge on any atom is 0.0857 e. The minimum Gasteiger partial charge on any atom is -0.309 e. The van der Waals surface area contributed by atoms with Gasteiger partial charge in [-0.15, -0.1) is 0 Å². The van der Waals surface area contributed by atoms with Crippen molar-refractivity contribution in [2.24, 2.45) is 5.10 Å². The van der Waals surface area contributed by atoms with Crippen LogP contribution >= 0.6 is 0 Å². The lowest BCUT2D eigenvalue weighted by Crippen LogP contribution is -2.12. The maximum atomic E-state index is 4.22. The molecular formula is C15H22N6. The van der Waals surface area contributed by atoms with Crippen LogP contribution in [0.25, 0.3) is 0 Å². The minimum atomic E-state index is 0.682. The molecule has 2 rings (SSSR count). The first-order valence-electron chi connectivity index (χ1n) is 7.09. The third-order valence-corrected chi connectivity index (χ3v) is 2.97. The molecule has 0 aliphatic rings. The topological polar surface area (TPSA) is 58.3 Å². The van der Waals surface area contributed by atoms with Crippen molar-refractivity contribution < 1.29 is 0 Å². The number of benzene rings is 1. The molecule has 0 aliphatic heterocycles. The van der Waals surface area contributed by atoms with Crippen LogP contribution in [0.2, 0.25) is 0 Å². The van der Waals surface area contributed by atoms with Crippen molar-refractivity contribution in [3.8, 4) is 0 Å². The molecule has 1 aromatic heterocycles. The van der Waals surface area contributed by atoms with E-state index in [9.17, 15) is 0 Å². The number of hydrogen-bond donors (Lipinski definition) is 1. The van der Waals surface area contributed by atoms with Gasteiger partial charge in [-0.2, -0.15) is 20.1 Å². The van der Waals surface area contributed by atoms with Crippen LogP contribution in [0.5, 0.6) is 0 Å². The zero-order chi connectivity index (χ0) is 14.9. The van der Waals surface area contributed by atoms with E-state index in [1.165, 1.54) is 0 Å². The van der Waals surface area contributed by atoms with Crippen molar-refractivity contribution in [3.05, 3.63) is 42.2 Å². The van der Waals surface area contributed by atoms with E-state index in [4.69, 9.17) is 0 Å². The van der Waals surface area contributed by atoms with Gasteiger partial charge in [-0.1, -0.05) is 12.1 Å². The molecule has 0 amide bonds. The van der Waals surface area contributed by atoms with E-state index in [0.29, 0.717) is 6.54 Å². The van der Waals surface area contributed by atoms with Gasteiger partial charge in [-0.05, 0) is 51.2 Å². The molecule has 21 heavy (non-hydrogen) atoms. The van der Waals surface area contributed by atoms with Crippen molar-refractivity contribution in [1.82, 2.24) is 19.9 Å². The first kappa shape index (κ1) is 15.2. The smallest absolute Gasteiger partial charge is 0.0857 e. The molecule has 6 heteroatoms. The van der Waals surface area contributed by atoms with Gasteiger partial charge in [-0.3, -0.25) is 5.43 Å². The minimum absolute atomic E-state index is 0.682. The van der Waals surface area contributed by atoms with E-state index in [1.807, 2.05) is 30.5 Å². The highest BCUT2D eigenvalue weighted by molar-refractivity contribution is 5.59. The average Bonchev–Trinajstić information content (AvgIpc) is 2.97. The fourth-order valence-corrected chi connectivity index (χ4v) is 1.86. The normalized spacial score (nSPS) is 11.4. The van der Waals surface area contributed by atoms with Gasteiger partial charge >= 0.3 is 0 Å². The standard InChI is InChI=1S/C15H22N6/c1-20(2)12-4-3-9-16-19-15-7-5-14(6-8-15)13-21-17-10-11-18-21/h5-11,19H,3-4,12-13H2,1-2H3/b16-9+. The number of hydrazone groups is 1. The summed E-state index contributed by atoms with van der Waals surface area (Å²) in [6, 6.07) is 8.12. The summed E-state index contributed by atoms with van der Waals surface area (Å²) in [4.78, 5) is 3.83. The fourth-order valence-electron chi connectivity index (χ4n) is 1.86. The molecule has 0 spiro atoms.